The van der Waals surface area contributed by atoms with E-state index in [0.717, 1.165) is 30.2 Å². The topological polar surface area (TPSA) is 0 Å². The molecule has 1 heteroatoms. The number of hydrogen-bond acceptors (Lipinski definition) is 0. The SMILES string of the molecule is CCCC/C=C/B(C(C)C(C)C)C(C)C(C)C. The zero-order valence-electron chi connectivity index (χ0n) is 13.2. The maximum absolute atomic E-state index is 2.50. The number of hydrogen-bond donors (Lipinski definition) is 0. The molecule has 17 heavy (non-hydrogen) atoms. The van der Waals surface area contributed by atoms with Gasteiger partial charge < -0.3 is 0 Å². The van der Waals surface area contributed by atoms with E-state index in [0.29, 0.717) is 0 Å². The van der Waals surface area contributed by atoms with Crippen molar-refractivity contribution < 1.29 is 0 Å². The van der Waals surface area contributed by atoms with Crippen LogP contribution in [0.15, 0.2) is 12.1 Å². The molecule has 0 fully saturated rings. The summed E-state index contributed by atoms with van der Waals surface area (Å²) in [4.78, 5) is 0. The Labute approximate surface area is 110 Å². The quantitative estimate of drug-likeness (QED) is 0.366. The molecule has 0 saturated heterocycles. The Morgan fingerprint density at radius 3 is 1.71 bits per heavy atom. The van der Waals surface area contributed by atoms with Crippen molar-refractivity contribution in [3.05, 3.63) is 12.1 Å². The van der Waals surface area contributed by atoms with Crippen molar-refractivity contribution in [2.45, 2.75) is 79.4 Å². The average molecular weight is 236 g/mol. The fourth-order valence-corrected chi connectivity index (χ4v) is 2.29. The summed E-state index contributed by atoms with van der Waals surface area (Å²) in [6.07, 6.45) is 6.30. The van der Waals surface area contributed by atoms with Gasteiger partial charge in [-0.15, -0.1) is 5.98 Å². The predicted octanol–water partition coefficient (Wildman–Crippen LogP) is 5.86. The highest BCUT2D eigenvalue weighted by molar-refractivity contribution is 6.67. The van der Waals surface area contributed by atoms with Gasteiger partial charge in [0.15, 0.2) is 6.71 Å². The molecule has 0 aliphatic heterocycles. The predicted molar refractivity (Wildman–Crippen MR) is 82.9 cm³/mol. The summed E-state index contributed by atoms with van der Waals surface area (Å²) in [6, 6.07) is 0. The van der Waals surface area contributed by atoms with Crippen LogP contribution in [0.4, 0.5) is 0 Å². The Morgan fingerprint density at radius 1 is 0.882 bits per heavy atom. The van der Waals surface area contributed by atoms with Crippen LogP contribution >= 0.6 is 0 Å². The van der Waals surface area contributed by atoms with E-state index in [1.165, 1.54) is 19.3 Å². The monoisotopic (exact) mass is 236 g/mol. The zero-order valence-corrected chi connectivity index (χ0v) is 13.2. The molecule has 0 spiro atoms. The van der Waals surface area contributed by atoms with E-state index in [4.69, 9.17) is 0 Å². The van der Waals surface area contributed by atoms with Gasteiger partial charge in [0.05, 0.1) is 0 Å². The first kappa shape index (κ1) is 16.8. The molecule has 2 unspecified atom stereocenters. The lowest BCUT2D eigenvalue weighted by Crippen LogP contribution is -2.28. The second-order valence-electron chi connectivity index (χ2n) is 6.35. The maximum Gasteiger partial charge on any atom is 0.172 e. The summed E-state index contributed by atoms with van der Waals surface area (Å²) in [5, 5.41) is 0. The van der Waals surface area contributed by atoms with Gasteiger partial charge in [0.25, 0.3) is 0 Å². The van der Waals surface area contributed by atoms with Crippen LogP contribution in [0.25, 0.3) is 0 Å². The standard InChI is InChI=1S/C16H33B/c1-8-9-10-11-12-17(15(6)13(2)3)16(7)14(4)5/h11-16H,8-10H2,1-7H3/b12-11+. The highest BCUT2D eigenvalue weighted by atomic mass is 14.1. The molecule has 0 bridgehead atoms. The van der Waals surface area contributed by atoms with Gasteiger partial charge in [0.2, 0.25) is 0 Å². The minimum absolute atomic E-state index is 0.742. The van der Waals surface area contributed by atoms with E-state index >= 15 is 0 Å². The minimum atomic E-state index is 0.742. The lowest BCUT2D eigenvalue weighted by molar-refractivity contribution is 0.566. The van der Waals surface area contributed by atoms with Gasteiger partial charge in [-0.2, -0.15) is 0 Å². The Balaban J connectivity index is 4.56. The third-order valence-electron chi connectivity index (χ3n) is 4.40. The fraction of sp³-hybridized carbons (Fsp3) is 0.875. The van der Waals surface area contributed by atoms with Crippen LogP contribution in [-0.2, 0) is 0 Å². The number of allylic oxidation sites excluding steroid dienone is 1. The molecule has 0 aromatic heterocycles. The van der Waals surface area contributed by atoms with E-state index in [-0.39, 0.29) is 0 Å². The summed E-state index contributed by atoms with van der Waals surface area (Å²) in [5.41, 5.74) is 0. The molecule has 0 aliphatic rings. The van der Waals surface area contributed by atoms with Crippen LogP contribution < -0.4 is 0 Å². The first-order valence-corrected chi connectivity index (χ1v) is 7.58. The molecular weight excluding hydrogens is 203 g/mol. The highest BCUT2D eigenvalue weighted by Crippen LogP contribution is 2.33. The van der Waals surface area contributed by atoms with Crippen LogP contribution in [0.2, 0.25) is 11.6 Å². The molecule has 0 rings (SSSR count). The zero-order chi connectivity index (χ0) is 13.4. The third-order valence-corrected chi connectivity index (χ3v) is 4.40. The van der Waals surface area contributed by atoms with Crippen LogP contribution in [0.3, 0.4) is 0 Å². The Morgan fingerprint density at radius 2 is 1.35 bits per heavy atom. The summed E-state index contributed by atoms with van der Waals surface area (Å²) in [7, 11) is 0. The second kappa shape index (κ2) is 8.83. The van der Waals surface area contributed by atoms with E-state index in [9.17, 15) is 0 Å². The molecule has 0 aromatic rings. The molecule has 2 atom stereocenters. The number of rotatable bonds is 8. The van der Waals surface area contributed by atoms with Crippen molar-refractivity contribution in [1.29, 1.82) is 0 Å². The van der Waals surface area contributed by atoms with E-state index < -0.39 is 0 Å². The number of unbranched alkanes of at least 4 members (excludes halogenated alkanes) is 2. The van der Waals surface area contributed by atoms with Gasteiger partial charge in [0.1, 0.15) is 0 Å². The van der Waals surface area contributed by atoms with Crippen molar-refractivity contribution in [1.82, 2.24) is 0 Å². The molecule has 0 aromatic carbocycles. The van der Waals surface area contributed by atoms with Crippen molar-refractivity contribution in [2.24, 2.45) is 11.8 Å². The van der Waals surface area contributed by atoms with Crippen LogP contribution in [0, 0.1) is 11.8 Å². The van der Waals surface area contributed by atoms with Crippen LogP contribution in [0.1, 0.15) is 67.7 Å². The molecule has 0 N–H and O–H groups in total. The lowest BCUT2D eigenvalue weighted by Gasteiger charge is -2.29. The minimum Gasteiger partial charge on any atom is -0.118 e. The largest absolute Gasteiger partial charge is 0.172 e. The van der Waals surface area contributed by atoms with Gasteiger partial charge in [-0.25, -0.2) is 0 Å². The molecule has 0 aliphatic carbocycles. The van der Waals surface area contributed by atoms with Gasteiger partial charge in [-0.05, 0) is 6.42 Å². The summed E-state index contributed by atoms with van der Waals surface area (Å²) in [6.45, 7) is 17.2. The van der Waals surface area contributed by atoms with Crippen molar-refractivity contribution in [2.75, 3.05) is 0 Å². The van der Waals surface area contributed by atoms with Crippen molar-refractivity contribution in [3.8, 4) is 0 Å². The smallest absolute Gasteiger partial charge is 0.118 e. The van der Waals surface area contributed by atoms with E-state index in [1.807, 2.05) is 0 Å². The molecule has 100 valence electrons. The van der Waals surface area contributed by atoms with Gasteiger partial charge in [0, 0.05) is 0 Å². The Kier molecular flexibility index (Phi) is 8.73. The molecule has 0 radical (unpaired) electrons. The van der Waals surface area contributed by atoms with Crippen LogP contribution in [0.5, 0.6) is 0 Å². The summed E-state index contributed by atoms with van der Waals surface area (Å²) >= 11 is 0. The van der Waals surface area contributed by atoms with Gasteiger partial charge in [-0.3, -0.25) is 0 Å². The molecule has 0 nitrogen and oxygen atoms in total. The average Bonchev–Trinajstić information content (AvgIpc) is 2.27. The highest BCUT2D eigenvalue weighted by Gasteiger charge is 2.28. The Bertz CT molecular complexity index is 192. The third kappa shape index (κ3) is 6.34. The lowest BCUT2D eigenvalue weighted by atomic mass is 9.31. The van der Waals surface area contributed by atoms with Gasteiger partial charge in [-0.1, -0.05) is 90.9 Å². The molecule has 0 saturated carbocycles. The normalized spacial score (nSPS) is 15.8. The summed E-state index contributed by atoms with van der Waals surface area (Å²) < 4.78 is 0. The summed E-state index contributed by atoms with van der Waals surface area (Å²) in [5.74, 6) is 5.62. The van der Waals surface area contributed by atoms with E-state index in [1.54, 1.807) is 0 Å². The second-order valence-corrected chi connectivity index (χ2v) is 6.35. The first-order chi connectivity index (χ1) is 7.91. The van der Waals surface area contributed by atoms with Crippen molar-refractivity contribution in [3.63, 3.8) is 0 Å². The molecule has 0 heterocycles. The molecular formula is C16H33B. The maximum atomic E-state index is 2.50. The van der Waals surface area contributed by atoms with Gasteiger partial charge >= 0.3 is 0 Å². The first-order valence-electron chi connectivity index (χ1n) is 7.58. The van der Waals surface area contributed by atoms with Crippen molar-refractivity contribution >= 4 is 6.71 Å². The Hall–Kier alpha value is -0.195. The van der Waals surface area contributed by atoms with Crippen LogP contribution in [-0.4, -0.2) is 6.71 Å². The van der Waals surface area contributed by atoms with E-state index in [2.05, 4.69) is 60.5 Å². The fourth-order valence-electron chi connectivity index (χ4n) is 2.29. The molecule has 0 amide bonds.